The van der Waals surface area contributed by atoms with Crippen molar-refractivity contribution in [2.24, 2.45) is 0 Å². The van der Waals surface area contributed by atoms with Crippen LogP contribution in [0.15, 0.2) is 6.20 Å². The van der Waals surface area contributed by atoms with E-state index in [4.69, 9.17) is 4.74 Å². The second kappa shape index (κ2) is 4.86. The van der Waals surface area contributed by atoms with E-state index in [-0.39, 0.29) is 5.78 Å². The first-order chi connectivity index (χ1) is 7.24. The number of hydrogen-bond donors (Lipinski definition) is 0. The molecule has 0 N–H and O–H groups in total. The van der Waals surface area contributed by atoms with Gasteiger partial charge in [-0.3, -0.25) is 4.79 Å². The van der Waals surface area contributed by atoms with Crippen molar-refractivity contribution in [3.05, 3.63) is 16.1 Å². The van der Waals surface area contributed by atoms with Crippen LogP contribution in [0.4, 0.5) is 0 Å². The normalized spacial score (nSPS) is 20.7. The Morgan fingerprint density at radius 1 is 1.73 bits per heavy atom. The van der Waals surface area contributed by atoms with Gasteiger partial charge in [-0.1, -0.05) is 0 Å². The van der Waals surface area contributed by atoms with Crippen LogP contribution < -0.4 is 0 Å². The van der Waals surface area contributed by atoms with E-state index in [9.17, 15) is 4.79 Å². The Hall–Kier alpha value is -0.740. The van der Waals surface area contributed by atoms with Gasteiger partial charge in [-0.2, -0.15) is 0 Å². The van der Waals surface area contributed by atoms with E-state index in [0.29, 0.717) is 12.5 Å². The Morgan fingerprint density at radius 3 is 3.27 bits per heavy atom. The highest BCUT2D eigenvalue weighted by Crippen LogP contribution is 2.21. The largest absolute Gasteiger partial charge is 0.378 e. The van der Waals surface area contributed by atoms with Crippen molar-refractivity contribution >= 4 is 17.1 Å². The minimum Gasteiger partial charge on any atom is -0.378 e. The summed E-state index contributed by atoms with van der Waals surface area (Å²) in [7, 11) is 0. The van der Waals surface area contributed by atoms with Gasteiger partial charge in [-0.15, -0.1) is 11.3 Å². The van der Waals surface area contributed by atoms with E-state index < -0.39 is 0 Å². The number of hydrogen-bond acceptors (Lipinski definition) is 4. The van der Waals surface area contributed by atoms with Crippen LogP contribution in [-0.4, -0.2) is 23.5 Å². The van der Waals surface area contributed by atoms with Crippen LogP contribution in [0.3, 0.4) is 0 Å². The summed E-state index contributed by atoms with van der Waals surface area (Å²) in [6.07, 6.45) is 5.89. The molecule has 1 unspecified atom stereocenters. The van der Waals surface area contributed by atoms with Gasteiger partial charge >= 0.3 is 0 Å². The predicted molar refractivity (Wildman–Crippen MR) is 59.2 cm³/mol. The van der Waals surface area contributed by atoms with Crippen molar-refractivity contribution in [3.63, 3.8) is 0 Å². The number of nitrogens with zero attached hydrogens (tertiary/aromatic N) is 1. The first-order valence-electron chi connectivity index (χ1n) is 5.28. The number of thiazole rings is 1. The van der Waals surface area contributed by atoms with Crippen molar-refractivity contribution in [2.75, 3.05) is 6.61 Å². The second-order valence-electron chi connectivity index (χ2n) is 3.94. The maximum atomic E-state index is 10.9. The van der Waals surface area contributed by atoms with Gasteiger partial charge in [-0.25, -0.2) is 4.98 Å². The van der Waals surface area contributed by atoms with Gasteiger partial charge in [0.05, 0.1) is 11.1 Å². The number of ketones is 1. The molecule has 1 aliphatic heterocycles. The number of carbonyl (C=O) groups is 1. The molecule has 0 aromatic carbocycles. The summed E-state index contributed by atoms with van der Waals surface area (Å²) in [6, 6.07) is 0. The van der Waals surface area contributed by atoms with Crippen LogP contribution in [0.25, 0.3) is 0 Å². The third kappa shape index (κ3) is 3.11. The summed E-state index contributed by atoms with van der Waals surface area (Å²) in [5.74, 6) is 0.197. The highest BCUT2D eigenvalue weighted by Gasteiger charge is 2.17. The van der Waals surface area contributed by atoms with Crippen molar-refractivity contribution < 1.29 is 9.53 Å². The molecule has 1 aliphatic rings. The average Bonchev–Trinajstić information content (AvgIpc) is 2.77. The molecule has 0 spiro atoms. The molecule has 1 atom stereocenters. The molecule has 1 saturated heterocycles. The van der Waals surface area contributed by atoms with E-state index in [2.05, 4.69) is 4.98 Å². The molecule has 0 radical (unpaired) electrons. The van der Waals surface area contributed by atoms with Crippen LogP contribution in [0.1, 0.15) is 29.7 Å². The second-order valence-corrected chi connectivity index (χ2v) is 5.14. The zero-order valence-corrected chi connectivity index (χ0v) is 9.68. The number of Topliss-reactive ketones (excluding diaryl/α,β-unsaturated/α-hetero) is 1. The lowest BCUT2D eigenvalue weighted by atomic mass is 10.2. The molecule has 2 rings (SSSR count). The maximum Gasteiger partial charge on any atom is 0.135 e. The molecular formula is C11H15NO2S. The summed E-state index contributed by atoms with van der Waals surface area (Å²) < 4.78 is 5.55. The first kappa shape index (κ1) is 10.8. The minimum absolute atomic E-state index is 0.197. The minimum atomic E-state index is 0.197. The molecule has 0 bridgehead atoms. The number of rotatable bonds is 4. The van der Waals surface area contributed by atoms with Crippen LogP contribution in [-0.2, 0) is 22.4 Å². The number of aromatic nitrogens is 1. The molecule has 0 saturated carbocycles. The SMILES string of the molecule is CC(=O)Cc1cnc(CC2CCCO2)s1. The molecular weight excluding hydrogens is 210 g/mol. The Balaban J connectivity index is 1.91. The lowest BCUT2D eigenvalue weighted by Crippen LogP contribution is -2.08. The molecule has 1 fully saturated rings. The zero-order chi connectivity index (χ0) is 10.7. The molecule has 15 heavy (non-hydrogen) atoms. The van der Waals surface area contributed by atoms with E-state index in [1.807, 2.05) is 6.20 Å². The van der Waals surface area contributed by atoms with Crippen molar-refractivity contribution in [1.82, 2.24) is 4.98 Å². The van der Waals surface area contributed by atoms with Crippen molar-refractivity contribution in [1.29, 1.82) is 0 Å². The van der Waals surface area contributed by atoms with E-state index in [1.165, 1.54) is 0 Å². The standard InChI is InChI=1S/C11H15NO2S/c1-8(13)5-10-7-12-11(15-10)6-9-3-2-4-14-9/h7,9H,2-6H2,1H3. The monoisotopic (exact) mass is 225 g/mol. The molecule has 4 heteroatoms. The quantitative estimate of drug-likeness (QED) is 0.786. The van der Waals surface area contributed by atoms with E-state index in [1.54, 1.807) is 18.3 Å². The highest BCUT2D eigenvalue weighted by atomic mass is 32.1. The van der Waals surface area contributed by atoms with Gasteiger partial charge in [0.2, 0.25) is 0 Å². The molecule has 2 heterocycles. The first-order valence-corrected chi connectivity index (χ1v) is 6.10. The average molecular weight is 225 g/mol. The van der Waals surface area contributed by atoms with Gasteiger partial charge in [0, 0.05) is 30.5 Å². The summed E-state index contributed by atoms with van der Waals surface area (Å²) in [6.45, 7) is 2.50. The third-order valence-electron chi connectivity index (χ3n) is 2.45. The van der Waals surface area contributed by atoms with Crippen LogP contribution >= 0.6 is 11.3 Å². The summed E-state index contributed by atoms with van der Waals surface area (Å²) >= 11 is 1.64. The fourth-order valence-electron chi connectivity index (χ4n) is 1.77. The Morgan fingerprint density at radius 2 is 2.60 bits per heavy atom. The highest BCUT2D eigenvalue weighted by molar-refractivity contribution is 7.11. The fourth-order valence-corrected chi connectivity index (χ4v) is 2.83. The third-order valence-corrected chi connectivity index (χ3v) is 3.47. The van der Waals surface area contributed by atoms with Crippen LogP contribution in [0, 0.1) is 0 Å². The van der Waals surface area contributed by atoms with Gasteiger partial charge in [0.25, 0.3) is 0 Å². The molecule has 0 amide bonds. The molecule has 0 aliphatic carbocycles. The summed E-state index contributed by atoms with van der Waals surface area (Å²) in [4.78, 5) is 16.3. The van der Waals surface area contributed by atoms with Crippen molar-refractivity contribution in [2.45, 2.75) is 38.7 Å². The smallest absolute Gasteiger partial charge is 0.135 e. The van der Waals surface area contributed by atoms with E-state index >= 15 is 0 Å². The van der Waals surface area contributed by atoms with Gasteiger partial charge < -0.3 is 4.74 Å². The van der Waals surface area contributed by atoms with Gasteiger partial charge in [0.15, 0.2) is 0 Å². The summed E-state index contributed by atoms with van der Waals surface area (Å²) in [5, 5.41) is 1.10. The number of carbonyl (C=O) groups excluding carboxylic acids is 1. The topological polar surface area (TPSA) is 39.2 Å². The van der Waals surface area contributed by atoms with Crippen LogP contribution in [0.5, 0.6) is 0 Å². The predicted octanol–water partition coefficient (Wildman–Crippen LogP) is 2.00. The lowest BCUT2D eigenvalue weighted by molar-refractivity contribution is -0.116. The Labute approximate surface area is 93.5 Å². The fraction of sp³-hybridized carbons (Fsp3) is 0.636. The lowest BCUT2D eigenvalue weighted by Gasteiger charge is -2.05. The van der Waals surface area contributed by atoms with E-state index in [0.717, 1.165) is 35.8 Å². The Bertz CT molecular complexity index is 342. The van der Waals surface area contributed by atoms with Crippen LogP contribution in [0.2, 0.25) is 0 Å². The number of ether oxygens (including phenoxy) is 1. The van der Waals surface area contributed by atoms with Gasteiger partial charge in [-0.05, 0) is 19.8 Å². The maximum absolute atomic E-state index is 10.9. The molecule has 82 valence electrons. The van der Waals surface area contributed by atoms with Gasteiger partial charge in [0.1, 0.15) is 5.78 Å². The molecule has 1 aromatic heterocycles. The molecule has 3 nitrogen and oxygen atoms in total. The van der Waals surface area contributed by atoms with Crippen molar-refractivity contribution in [3.8, 4) is 0 Å². The summed E-state index contributed by atoms with van der Waals surface area (Å²) in [5.41, 5.74) is 0. The molecule has 1 aromatic rings. The zero-order valence-electron chi connectivity index (χ0n) is 8.86. The Kier molecular flexibility index (Phi) is 3.49.